The first-order chi connectivity index (χ1) is 6.73. The third-order valence-corrected chi connectivity index (χ3v) is 4.14. The van der Waals surface area contributed by atoms with Crippen LogP contribution >= 0.6 is 0 Å². The second kappa shape index (κ2) is 4.22. The van der Waals surface area contributed by atoms with Gasteiger partial charge in [-0.15, -0.1) is 0 Å². The highest BCUT2D eigenvalue weighted by molar-refractivity contribution is 4.90. The van der Waals surface area contributed by atoms with E-state index in [2.05, 4.69) is 19.2 Å². The summed E-state index contributed by atoms with van der Waals surface area (Å²) in [6, 6.07) is 0.845. The van der Waals surface area contributed by atoms with Crippen molar-refractivity contribution in [2.24, 2.45) is 11.3 Å². The molecule has 0 aromatic carbocycles. The molecule has 14 heavy (non-hydrogen) atoms. The van der Waals surface area contributed by atoms with Crippen molar-refractivity contribution < 1.29 is 0 Å². The highest BCUT2D eigenvalue weighted by atomic mass is 14.9. The summed E-state index contributed by atoms with van der Waals surface area (Å²) in [5.41, 5.74) is 0.654. The van der Waals surface area contributed by atoms with E-state index in [1.54, 1.807) is 0 Å². The van der Waals surface area contributed by atoms with E-state index in [1.807, 2.05) is 0 Å². The lowest BCUT2D eigenvalue weighted by Gasteiger charge is -2.39. The molecule has 82 valence electrons. The van der Waals surface area contributed by atoms with Crippen LogP contribution in [-0.2, 0) is 0 Å². The number of hydrogen-bond acceptors (Lipinski definition) is 1. The second-order valence-corrected chi connectivity index (χ2v) is 5.78. The van der Waals surface area contributed by atoms with Crippen molar-refractivity contribution in [3.05, 3.63) is 0 Å². The average molecular weight is 195 g/mol. The van der Waals surface area contributed by atoms with Crippen molar-refractivity contribution >= 4 is 0 Å². The number of rotatable bonds is 6. The molecule has 1 heteroatoms. The molecule has 0 saturated heterocycles. The van der Waals surface area contributed by atoms with Crippen molar-refractivity contribution in [1.29, 1.82) is 0 Å². The normalized spacial score (nSPS) is 27.0. The van der Waals surface area contributed by atoms with E-state index in [-0.39, 0.29) is 0 Å². The van der Waals surface area contributed by atoms with Gasteiger partial charge in [0.05, 0.1) is 0 Å². The summed E-state index contributed by atoms with van der Waals surface area (Å²) in [7, 11) is 0. The van der Waals surface area contributed by atoms with Gasteiger partial charge in [-0.05, 0) is 43.4 Å². The lowest BCUT2D eigenvalue weighted by Crippen LogP contribution is -2.42. The first-order valence-corrected chi connectivity index (χ1v) is 6.47. The minimum atomic E-state index is 0.654. The minimum absolute atomic E-state index is 0.654. The molecule has 2 fully saturated rings. The fourth-order valence-corrected chi connectivity index (χ4v) is 2.65. The molecule has 2 saturated carbocycles. The van der Waals surface area contributed by atoms with Gasteiger partial charge in [0.25, 0.3) is 0 Å². The molecule has 1 atom stereocenters. The Bertz CT molecular complexity index is 180. The Kier molecular flexibility index (Phi) is 3.16. The molecule has 0 radical (unpaired) electrons. The van der Waals surface area contributed by atoms with E-state index in [0.717, 1.165) is 12.0 Å². The Morgan fingerprint density at radius 2 is 2.07 bits per heavy atom. The molecule has 2 aliphatic rings. The van der Waals surface area contributed by atoms with E-state index in [9.17, 15) is 0 Å². The lowest BCUT2D eigenvalue weighted by molar-refractivity contribution is 0.147. The second-order valence-electron chi connectivity index (χ2n) is 5.78. The molecule has 0 amide bonds. The van der Waals surface area contributed by atoms with E-state index >= 15 is 0 Å². The molecule has 0 aliphatic heterocycles. The molecular weight excluding hydrogens is 170 g/mol. The topological polar surface area (TPSA) is 12.0 Å². The summed E-state index contributed by atoms with van der Waals surface area (Å²) in [6.45, 7) is 6.02. The van der Waals surface area contributed by atoms with Gasteiger partial charge in [-0.1, -0.05) is 26.7 Å². The maximum Gasteiger partial charge on any atom is 0.00954 e. The van der Waals surface area contributed by atoms with Crippen LogP contribution in [-0.4, -0.2) is 12.6 Å². The van der Waals surface area contributed by atoms with Gasteiger partial charge in [0.15, 0.2) is 0 Å². The molecule has 0 spiro atoms. The summed E-state index contributed by atoms with van der Waals surface area (Å²) >= 11 is 0. The highest BCUT2D eigenvalue weighted by Gasteiger charge is 2.35. The quantitative estimate of drug-likeness (QED) is 0.685. The van der Waals surface area contributed by atoms with Gasteiger partial charge in [0.2, 0.25) is 0 Å². The number of nitrogens with one attached hydrogen (secondary N) is 1. The SMILES string of the molecule is CCCC(NCC1(C)CCC1)C1CC1. The van der Waals surface area contributed by atoms with E-state index < -0.39 is 0 Å². The van der Waals surface area contributed by atoms with Gasteiger partial charge < -0.3 is 5.32 Å². The first kappa shape index (κ1) is 10.5. The monoisotopic (exact) mass is 195 g/mol. The summed E-state index contributed by atoms with van der Waals surface area (Å²) < 4.78 is 0. The van der Waals surface area contributed by atoms with Crippen molar-refractivity contribution in [2.45, 2.75) is 64.8 Å². The van der Waals surface area contributed by atoms with Crippen LogP contribution in [0.15, 0.2) is 0 Å². The summed E-state index contributed by atoms with van der Waals surface area (Å²) in [5, 5.41) is 3.83. The molecule has 0 aromatic rings. The van der Waals surface area contributed by atoms with Crippen molar-refractivity contribution in [1.82, 2.24) is 5.32 Å². The predicted molar refractivity (Wildman–Crippen MR) is 61.4 cm³/mol. The maximum atomic E-state index is 3.83. The molecule has 2 rings (SSSR count). The van der Waals surface area contributed by atoms with Crippen molar-refractivity contribution in [3.8, 4) is 0 Å². The van der Waals surface area contributed by atoms with E-state index in [0.29, 0.717) is 5.41 Å². The molecular formula is C13H25N. The third kappa shape index (κ3) is 2.50. The molecule has 1 unspecified atom stereocenters. The van der Waals surface area contributed by atoms with Crippen LogP contribution in [0.4, 0.5) is 0 Å². The van der Waals surface area contributed by atoms with Gasteiger partial charge in [-0.3, -0.25) is 0 Å². The summed E-state index contributed by atoms with van der Waals surface area (Å²) in [4.78, 5) is 0. The van der Waals surface area contributed by atoms with Gasteiger partial charge in [-0.2, -0.15) is 0 Å². The fourth-order valence-electron chi connectivity index (χ4n) is 2.65. The molecule has 2 aliphatic carbocycles. The first-order valence-electron chi connectivity index (χ1n) is 6.47. The smallest absolute Gasteiger partial charge is 0.00954 e. The Balaban J connectivity index is 1.70. The third-order valence-electron chi connectivity index (χ3n) is 4.14. The molecule has 0 heterocycles. The zero-order chi connectivity index (χ0) is 10.0. The molecule has 1 N–H and O–H groups in total. The summed E-state index contributed by atoms with van der Waals surface area (Å²) in [5.74, 6) is 1.03. The summed E-state index contributed by atoms with van der Waals surface area (Å²) in [6.07, 6.45) is 10.0. The van der Waals surface area contributed by atoms with Crippen LogP contribution in [0.25, 0.3) is 0 Å². The van der Waals surface area contributed by atoms with Crippen LogP contribution in [0.2, 0.25) is 0 Å². The molecule has 0 bridgehead atoms. The number of hydrogen-bond donors (Lipinski definition) is 1. The Labute approximate surface area is 88.7 Å². The molecule has 0 aromatic heterocycles. The van der Waals surface area contributed by atoms with Crippen molar-refractivity contribution in [2.75, 3.05) is 6.54 Å². The Morgan fingerprint density at radius 1 is 1.36 bits per heavy atom. The van der Waals surface area contributed by atoms with E-state index in [1.165, 1.54) is 51.5 Å². The Hall–Kier alpha value is -0.0400. The van der Waals surface area contributed by atoms with Crippen molar-refractivity contribution in [3.63, 3.8) is 0 Å². The maximum absolute atomic E-state index is 3.83. The fraction of sp³-hybridized carbons (Fsp3) is 1.00. The molecule has 1 nitrogen and oxygen atoms in total. The van der Waals surface area contributed by atoms with Crippen LogP contribution < -0.4 is 5.32 Å². The zero-order valence-corrected chi connectivity index (χ0v) is 9.81. The van der Waals surface area contributed by atoms with E-state index in [4.69, 9.17) is 0 Å². The van der Waals surface area contributed by atoms with Gasteiger partial charge in [0.1, 0.15) is 0 Å². The lowest BCUT2D eigenvalue weighted by atomic mass is 9.70. The van der Waals surface area contributed by atoms with Crippen LogP contribution in [0.5, 0.6) is 0 Å². The van der Waals surface area contributed by atoms with Crippen LogP contribution in [0, 0.1) is 11.3 Å². The van der Waals surface area contributed by atoms with Gasteiger partial charge in [0, 0.05) is 12.6 Å². The zero-order valence-electron chi connectivity index (χ0n) is 9.81. The highest BCUT2D eigenvalue weighted by Crippen LogP contribution is 2.40. The standard InChI is InChI=1S/C13H25N/c1-3-5-12(11-6-7-11)14-10-13(2)8-4-9-13/h11-12,14H,3-10H2,1-2H3. The van der Waals surface area contributed by atoms with Gasteiger partial charge in [-0.25, -0.2) is 0 Å². The van der Waals surface area contributed by atoms with Crippen LogP contribution in [0.3, 0.4) is 0 Å². The Morgan fingerprint density at radius 3 is 2.50 bits per heavy atom. The largest absolute Gasteiger partial charge is 0.313 e. The average Bonchev–Trinajstić information content (AvgIpc) is 2.92. The predicted octanol–water partition coefficient (Wildman–Crippen LogP) is 3.34. The van der Waals surface area contributed by atoms with Gasteiger partial charge >= 0.3 is 0 Å². The van der Waals surface area contributed by atoms with Crippen LogP contribution in [0.1, 0.15) is 58.8 Å². The minimum Gasteiger partial charge on any atom is -0.313 e.